The van der Waals surface area contributed by atoms with Crippen molar-refractivity contribution in [2.24, 2.45) is 0 Å². The first-order valence-corrected chi connectivity index (χ1v) is 8.60. The Bertz CT molecular complexity index is 810. The molecular weight excluding hydrogens is 335 g/mol. The van der Waals surface area contributed by atoms with E-state index in [-0.39, 0.29) is 17.8 Å². The minimum atomic E-state index is -0.382. The second-order valence-electron chi connectivity index (χ2n) is 6.52. The van der Waals surface area contributed by atoms with Crippen LogP contribution in [0.4, 0.5) is 10.1 Å². The van der Waals surface area contributed by atoms with Gasteiger partial charge in [-0.1, -0.05) is 12.1 Å². The van der Waals surface area contributed by atoms with Crippen molar-refractivity contribution in [1.82, 2.24) is 4.90 Å². The number of nitrogens with zero attached hydrogens (tertiary/aromatic N) is 1. The van der Waals surface area contributed by atoms with E-state index in [4.69, 9.17) is 9.47 Å². The Kier molecular flexibility index (Phi) is 5.42. The summed E-state index contributed by atoms with van der Waals surface area (Å²) in [6.45, 7) is 5.18. The summed E-state index contributed by atoms with van der Waals surface area (Å²) in [7, 11) is 1.87. The second-order valence-corrected chi connectivity index (χ2v) is 6.52. The number of anilines is 1. The molecule has 1 atom stereocenters. The van der Waals surface area contributed by atoms with Crippen LogP contribution in [-0.4, -0.2) is 37.1 Å². The molecule has 0 saturated heterocycles. The zero-order valence-corrected chi connectivity index (χ0v) is 15.2. The molecule has 5 nitrogen and oxygen atoms in total. The fraction of sp³-hybridized carbons (Fsp3) is 0.350. The fourth-order valence-electron chi connectivity index (χ4n) is 2.73. The number of ether oxygens (including phenoxy) is 2. The molecule has 0 bridgehead atoms. The molecule has 0 aliphatic carbocycles. The van der Waals surface area contributed by atoms with Crippen LogP contribution in [0.2, 0.25) is 0 Å². The van der Waals surface area contributed by atoms with Crippen molar-refractivity contribution in [1.29, 1.82) is 0 Å². The lowest BCUT2D eigenvalue weighted by molar-refractivity contribution is -0.120. The van der Waals surface area contributed by atoms with Gasteiger partial charge in [0.2, 0.25) is 5.91 Å². The van der Waals surface area contributed by atoms with Crippen LogP contribution >= 0.6 is 0 Å². The molecule has 0 saturated carbocycles. The lowest BCUT2D eigenvalue weighted by Gasteiger charge is -2.25. The van der Waals surface area contributed by atoms with Gasteiger partial charge >= 0.3 is 0 Å². The van der Waals surface area contributed by atoms with Gasteiger partial charge in [-0.3, -0.25) is 9.69 Å². The maximum atomic E-state index is 13.6. The molecule has 2 aromatic carbocycles. The molecule has 0 fully saturated rings. The van der Waals surface area contributed by atoms with E-state index in [0.29, 0.717) is 31.0 Å². The summed E-state index contributed by atoms with van der Waals surface area (Å²) in [5, 5.41) is 2.76. The van der Waals surface area contributed by atoms with E-state index in [0.717, 1.165) is 17.1 Å². The Hall–Kier alpha value is -2.60. The van der Waals surface area contributed by atoms with Crippen molar-refractivity contribution in [3.63, 3.8) is 0 Å². The van der Waals surface area contributed by atoms with Crippen LogP contribution in [-0.2, 0) is 11.3 Å². The number of hydrogen-bond acceptors (Lipinski definition) is 4. The van der Waals surface area contributed by atoms with Gasteiger partial charge in [-0.15, -0.1) is 0 Å². The quantitative estimate of drug-likeness (QED) is 0.890. The van der Waals surface area contributed by atoms with E-state index < -0.39 is 0 Å². The van der Waals surface area contributed by atoms with Gasteiger partial charge in [0.1, 0.15) is 19.0 Å². The summed E-state index contributed by atoms with van der Waals surface area (Å²) in [6.07, 6.45) is 0. The monoisotopic (exact) mass is 358 g/mol. The molecule has 1 heterocycles. The molecule has 0 radical (unpaired) electrons. The Balaban J connectivity index is 1.62. The number of aryl methyl sites for hydroxylation is 1. The van der Waals surface area contributed by atoms with Crippen molar-refractivity contribution in [2.45, 2.75) is 26.4 Å². The zero-order chi connectivity index (χ0) is 18.7. The number of rotatable bonds is 5. The van der Waals surface area contributed by atoms with Gasteiger partial charge < -0.3 is 14.8 Å². The predicted octanol–water partition coefficient (Wildman–Crippen LogP) is 3.36. The van der Waals surface area contributed by atoms with Gasteiger partial charge in [0, 0.05) is 12.2 Å². The van der Waals surface area contributed by atoms with Crippen LogP contribution in [0.15, 0.2) is 36.4 Å². The van der Waals surface area contributed by atoms with Gasteiger partial charge in [-0.05, 0) is 56.3 Å². The summed E-state index contributed by atoms with van der Waals surface area (Å²) in [5.74, 6) is 0.956. The van der Waals surface area contributed by atoms with Crippen LogP contribution < -0.4 is 14.8 Å². The minimum Gasteiger partial charge on any atom is -0.486 e. The van der Waals surface area contributed by atoms with E-state index in [9.17, 15) is 9.18 Å². The first-order chi connectivity index (χ1) is 12.4. The Morgan fingerprint density at radius 1 is 1.19 bits per heavy atom. The van der Waals surface area contributed by atoms with Crippen molar-refractivity contribution in [3.05, 3.63) is 53.3 Å². The highest BCUT2D eigenvalue weighted by Gasteiger charge is 2.20. The topological polar surface area (TPSA) is 50.8 Å². The maximum Gasteiger partial charge on any atom is 0.241 e. The van der Waals surface area contributed by atoms with Crippen molar-refractivity contribution < 1.29 is 18.7 Å². The highest BCUT2D eigenvalue weighted by molar-refractivity contribution is 5.94. The molecule has 1 N–H and O–H groups in total. The normalized spacial score (nSPS) is 14.2. The van der Waals surface area contributed by atoms with Crippen LogP contribution in [0, 0.1) is 12.7 Å². The number of halogens is 1. The summed E-state index contributed by atoms with van der Waals surface area (Å²) in [6, 6.07) is 10.1. The molecule has 1 aliphatic heterocycles. The average molecular weight is 358 g/mol. The molecule has 0 unspecified atom stereocenters. The highest BCUT2D eigenvalue weighted by Crippen LogP contribution is 2.31. The number of likely N-dealkylation sites (N-methyl/N-ethyl adjacent to an activating group) is 1. The third kappa shape index (κ3) is 4.14. The summed E-state index contributed by atoms with van der Waals surface area (Å²) in [4.78, 5) is 14.4. The highest BCUT2D eigenvalue weighted by atomic mass is 19.1. The summed E-state index contributed by atoms with van der Waals surface area (Å²) < 4.78 is 24.7. The van der Waals surface area contributed by atoms with E-state index in [2.05, 4.69) is 5.32 Å². The summed E-state index contributed by atoms with van der Waals surface area (Å²) in [5.41, 5.74) is 2.03. The number of benzene rings is 2. The minimum absolute atomic E-state index is 0.187. The average Bonchev–Trinajstić information content (AvgIpc) is 2.64. The Labute approximate surface area is 152 Å². The first-order valence-electron chi connectivity index (χ1n) is 8.60. The molecule has 1 amide bonds. The van der Waals surface area contributed by atoms with E-state index in [1.54, 1.807) is 19.1 Å². The lowest BCUT2D eigenvalue weighted by Crippen LogP contribution is -2.39. The smallest absolute Gasteiger partial charge is 0.241 e. The predicted molar refractivity (Wildman–Crippen MR) is 98.1 cm³/mol. The Morgan fingerprint density at radius 3 is 2.65 bits per heavy atom. The van der Waals surface area contributed by atoms with Gasteiger partial charge in [0.05, 0.1) is 6.04 Å². The number of carbonyl (C=O) groups is 1. The number of fused-ring (bicyclic) bond motifs is 1. The van der Waals surface area contributed by atoms with Crippen LogP contribution in [0.3, 0.4) is 0 Å². The third-order valence-electron chi connectivity index (χ3n) is 4.52. The fourth-order valence-corrected chi connectivity index (χ4v) is 2.73. The van der Waals surface area contributed by atoms with Crippen LogP contribution in [0.25, 0.3) is 0 Å². The van der Waals surface area contributed by atoms with Gasteiger partial charge in [0.25, 0.3) is 0 Å². The summed E-state index contributed by atoms with van der Waals surface area (Å²) >= 11 is 0. The zero-order valence-electron chi connectivity index (χ0n) is 15.2. The SMILES string of the molecule is Cc1ccc(NC(=O)[C@@H](C)N(C)Cc2ccc3c(c2)OCCO3)cc1F. The van der Waals surface area contributed by atoms with E-state index in [1.165, 1.54) is 6.07 Å². The van der Waals surface area contributed by atoms with E-state index in [1.807, 2.05) is 37.1 Å². The molecule has 3 rings (SSSR count). The molecule has 6 heteroatoms. The van der Waals surface area contributed by atoms with Crippen molar-refractivity contribution >= 4 is 11.6 Å². The van der Waals surface area contributed by atoms with Gasteiger partial charge in [0.15, 0.2) is 11.5 Å². The number of hydrogen-bond donors (Lipinski definition) is 1. The molecule has 26 heavy (non-hydrogen) atoms. The number of nitrogens with one attached hydrogen (secondary N) is 1. The third-order valence-corrected chi connectivity index (χ3v) is 4.52. The van der Waals surface area contributed by atoms with Gasteiger partial charge in [-0.2, -0.15) is 0 Å². The van der Waals surface area contributed by atoms with Gasteiger partial charge in [-0.25, -0.2) is 4.39 Å². The second kappa shape index (κ2) is 7.74. The van der Waals surface area contributed by atoms with Crippen molar-refractivity contribution in [2.75, 3.05) is 25.6 Å². The largest absolute Gasteiger partial charge is 0.486 e. The first kappa shape index (κ1) is 18.2. The number of carbonyl (C=O) groups excluding carboxylic acids is 1. The molecule has 138 valence electrons. The Morgan fingerprint density at radius 2 is 1.92 bits per heavy atom. The van der Waals surface area contributed by atoms with E-state index >= 15 is 0 Å². The molecule has 0 aromatic heterocycles. The molecular formula is C20H23FN2O3. The molecule has 0 spiro atoms. The number of amides is 1. The van der Waals surface area contributed by atoms with Crippen LogP contribution in [0.1, 0.15) is 18.1 Å². The standard InChI is InChI=1S/C20H23FN2O3/c1-13-4-6-16(11-17(13)21)22-20(24)14(2)23(3)12-15-5-7-18-19(10-15)26-9-8-25-18/h4-7,10-11,14H,8-9,12H2,1-3H3,(H,22,24)/t14-/m1/s1. The molecule has 1 aliphatic rings. The lowest BCUT2D eigenvalue weighted by atomic mass is 10.1. The van der Waals surface area contributed by atoms with Crippen molar-refractivity contribution in [3.8, 4) is 11.5 Å². The molecule has 2 aromatic rings. The maximum absolute atomic E-state index is 13.6. The van der Waals surface area contributed by atoms with Crippen LogP contribution in [0.5, 0.6) is 11.5 Å².